The zero-order valence-electron chi connectivity index (χ0n) is 4.57. The average Bonchev–Trinajstić information content (AvgIpc) is 1.69. The van der Waals surface area contributed by atoms with Crippen LogP contribution in [0.2, 0.25) is 0 Å². The molecule has 0 spiro atoms. The Morgan fingerprint density at radius 3 is 1.56 bits per heavy atom. The molecule has 0 aliphatic carbocycles. The Morgan fingerprint density at radius 2 is 1.56 bits per heavy atom. The van der Waals surface area contributed by atoms with Crippen LogP contribution in [0.5, 0.6) is 0 Å². The maximum atomic E-state index is 10.7. The van der Waals surface area contributed by atoms with Crippen LogP contribution in [0.15, 0.2) is 0 Å². The van der Waals surface area contributed by atoms with Crippen molar-refractivity contribution in [2.75, 3.05) is 7.11 Å². The fraction of sp³-hybridized carbons (Fsp3) is 0.667. The Balaban J connectivity index is 0. The summed E-state index contributed by atoms with van der Waals surface area (Å²) in [4.78, 5) is 9.12. The summed E-state index contributed by atoms with van der Waals surface area (Å²) in [7, 11) is 1.00. The van der Waals surface area contributed by atoms with E-state index in [0.29, 0.717) is 0 Å². The predicted molar refractivity (Wildman–Crippen MR) is 23.4 cm³/mol. The lowest BCUT2D eigenvalue weighted by Crippen LogP contribution is -2.30. The molecule has 0 atom stereocenters. The molecule has 0 aliphatic rings. The number of primary amides is 1. The first-order valence-corrected chi connectivity index (χ1v) is 1.76. The van der Waals surface area contributed by atoms with E-state index in [1.165, 1.54) is 0 Å². The van der Waals surface area contributed by atoms with E-state index in [0.717, 1.165) is 7.11 Å². The van der Waals surface area contributed by atoms with Gasteiger partial charge in [-0.15, -0.1) is 0 Å². The molecular weight excluding hydrogens is 139 g/mol. The maximum Gasteiger partial charge on any atom is 0.470 e. The summed E-state index contributed by atoms with van der Waals surface area (Å²) < 4.78 is 32.1. The SMILES string of the molecule is CO.NC(=O)C(F)(F)F. The molecular formula is C3H6F3NO2. The van der Waals surface area contributed by atoms with Gasteiger partial charge in [-0.25, -0.2) is 0 Å². The Hall–Kier alpha value is -0.780. The highest BCUT2D eigenvalue weighted by molar-refractivity contribution is 5.79. The summed E-state index contributed by atoms with van der Waals surface area (Å²) in [6, 6.07) is 0. The van der Waals surface area contributed by atoms with Gasteiger partial charge in [0, 0.05) is 7.11 Å². The first-order valence-electron chi connectivity index (χ1n) is 1.76. The lowest BCUT2D eigenvalue weighted by atomic mass is 10.6. The smallest absolute Gasteiger partial charge is 0.400 e. The normalized spacial score (nSPS) is 9.44. The van der Waals surface area contributed by atoms with Crippen LogP contribution in [0.4, 0.5) is 13.2 Å². The number of hydrogen-bond acceptors (Lipinski definition) is 2. The van der Waals surface area contributed by atoms with Crippen LogP contribution in [0.3, 0.4) is 0 Å². The number of carbonyl (C=O) groups excluding carboxylic acids is 1. The summed E-state index contributed by atoms with van der Waals surface area (Å²) >= 11 is 0. The fourth-order valence-corrected chi connectivity index (χ4v) is 0. The van der Waals surface area contributed by atoms with Gasteiger partial charge < -0.3 is 10.8 Å². The van der Waals surface area contributed by atoms with Gasteiger partial charge in [-0.05, 0) is 0 Å². The van der Waals surface area contributed by atoms with E-state index in [2.05, 4.69) is 5.73 Å². The zero-order valence-corrected chi connectivity index (χ0v) is 4.57. The van der Waals surface area contributed by atoms with Crippen LogP contribution < -0.4 is 5.73 Å². The molecule has 0 aromatic rings. The van der Waals surface area contributed by atoms with Crippen molar-refractivity contribution in [2.45, 2.75) is 6.18 Å². The maximum absolute atomic E-state index is 10.7. The monoisotopic (exact) mass is 145 g/mol. The lowest BCUT2D eigenvalue weighted by molar-refractivity contribution is -0.169. The van der Waals surface area contributed by atoms with Gasteiger partial charge in [0.15, 0.2) is 0 Å². The van der Waals surface area contributed by atoms with Gasteiger partial charge in [0.1, 0.15) is 0 Å². The van der Waals surface area contributed by atoms with E-state index in [1.54, 1.807) is 0 Å². The number of rotatable bonds is 0. The Bertz CT molecular complexity index is 89.5. The van der Waals surface area contributed by atoms with E-state index in [1.807, 2.05) is 0 Å². The number of hydrogen-bond donors (Lipinski definition) is 2. The quantitative estimate of drug-likeness (QED) is 0.489. The van der Waals surface area contributed by atoms with Crippen LogP contribution in [-0.2, 0) is 4.79 Å². The standard InChI is InChI=1S/C2H2F3NO.CH4O/c3-2(4,5)1(6)7;1-2/h(H2,6,7);2H,1H3. The molecule has 0 unspecified atom stereocenters. The van der Waals surface area contributed by atoms with Crippen molar-refractivity contribution >= 4 is 5.91 Å². The second-order valence-corrected chi connectivity index (χ2v) is 0.862. The Kier molecular flexibility index (Phi) is 5.09. The van der Waals surface area contributed by atoms with Crippen LogP contribution >= 0.6 is 0 Å². The molecule has 3 N–H and O–H groups in total. The summed E-state index contributed by atoms with van der Waals surface area (Å²) in [5.41, 5.74) is 3.81. The van der Waals surface area contributed by atoms with Crippen molar-refractivity contribution in [2.24, 2.45) is 5.73 Å². The van der Waals surface area contributed by atoms with Crippen LogP contribution in [-0.4, -0.2) is 24.3 Å². The summed E-state index contributed by atoms with van der Waals surface area (Å²) in [5, 5.41) is 7.00. The molecule has 0 radical (unpaired) electrons. The Labute approximate surface area is 49.3 Å². The van der Waals surface area contributed by atoms with Crippen molar-refractivity contribution in [3.05, 3.63) is 0 Å². The van der Waals surface area contributed by atoms with Crippen LogP contribution in [0, 0.1) is 0 Å². The largest absolute Gasteiger partial charge is 0.470 e. The third kappa shape index (κ3) is 7.22. The van der Waals surface area contributed by atoms with Crippen molar-refractivity contribution in [3.8, 4) is 0 Å². The molecule has 1 amide bonds. The lowest BCUT2D eigenvalue weighted by Gasteiger charge is -1.95. The second kappa shape index (κ2) is 4.13. The molecule has 0 saturated carbocycles. The molecule has 0 aliphatic heterocycles. The molecule has 0 saturated heterocycles. The second-order valence-electron chi connectivity index (χ2n) is 0.862. The molecule has 56 valence electrons. The Morgan fingerprint density at radius 1 is 1.44 bits per heavy atom. The first kappa shape index (κ1) is 11.1. The van der Waals surface area contributed by atoms with Crippen molar-refractivity contribution in [1.29, 1.82) is 0 Å². The highest BCUT2D eigenvalue weighted by Gasteiger charge is 2.35. The number of alkyl halides is 3. The molecule has 0 rings (SSSR count). The number of halogens is 3. The van der Waals surface area contributed by atoms with Crippen molar-refractivity contribution in [3.63, 3.8) is 0 Å². The van der Waals surface area contributed by atoms with Gasteiger partial charge in [0.05, 0.1) is 0 Å². The number of amides is 1. The minimum atomic E-state index is -4.86. The van der Waals surface area contributed by atoms with Gasteiger partial charge in [-0.2, -0.15) is 13.2 Å². The van der Waals surface area contributed by atoms with Crippen molar-refractivity contribution < 1.29 is 23.1 Å². The number of carbonyl (C=O) groups is 1. The van der Waals surface area contributed by atoms with Crippen molar-refractivity contribution in [1.82, 2.24) is 0 Å². The van der Waals surface area contributed by atoms with Gasteiger partial charge >= 0.3 is 12.1 Å². The zero-order chi connectivity index (χ0) is 8.08. The fourth-order valence-electron chi connectivity index (χ4n) is 0. The average molecular weight is 145 g/mol. The topological polar surface area (TPSA) is 63.3 Å². The van der Waals surface area contributed by atoms with Gasteiger partial charge in [-0.1, -0.05) is 0 Å². The molecule has 0 aromatic carbocycles. The molecule has 0 fully saturated rings. The predicted octanol–water partition coefficient (Wildman–Crippen LogP) is -0.358. The molecule has 3 nitrogen and oxygen atoms in total. The molecule has 0 heterocycles. The van der Waals surface area contributed by atoms with E-state index >= 15 is 0 Å². The number of aliphatic hydroxyl groups excluding tert-OH is 1. The molecule has 0 bridgehead atoms. The third-order valence-electron chi connectivity index (χ3n) is 0.279. The molecule has 9 heavy (non-hydrogen) atoms. The highest BCUT2D eigenvalue weighted by Crippen LogP contribution is 2.11. The van der Waals surface area contributed by atoms with E-state index in [9.17, 15) is 13.2 Å². The van der Waals surface area contributed by atoms with E-state index in [4.69, 9.17) is 9.90 Å². The first-order chi connectivity index (χ1) is 3.94. The minimum Gasteiger partial charge on any atom is -0.400 e. The van der Waals surface area contributed by atoms with Gasteiger partial charge in [-0.3, -0.25) is 4.79 Å². The van der Waals surface area contributed by atoms with Crippen LogP contribution in [0.25, 0.3) is 0 Å². The number of aliphatic hydroxyl groups is 1. The van der Waals surface area contributed by atoms with Gasteiger partial charge in [0.25, 0.3) is 0 Å². The van der Waals surface area contributed by atoms with Gasteiger partial charge in [0.2, 0.25) is 0 Å². The highest BCUT2D eigenvalue weighted by atomic mass is 19.4. The molecule has 0 aromatic heterocycles. The number of nitrogens with two attached hydrogens (primary N) is 1. The van der Waals surface area contributed by atoms with E-state index in [-0.39, 0.29) is 0 Å². The summed E-state index contributed by atoms with van der Waals surface area (Å²) in [6.07, 6.45) is -4.86. The van der Waals surface area contributed by atoms with Crippen LogP contribution in [0.1, 0.15) is 0 Å². The van der Waals surface area contributed by atoms with E-state index < -0.39 is 12.1 Å². The summed E-state index contributed by atoms with van der Waals surface area (Å²) in [6.45, 7) is 0. The minimum absolute atomic E-state index is 1.00. The summed E-state index contributed by atoms with van der Waals surface area (Å²) in [5.74, 6) is -2.26. The third-order valence-corrected chi connectivity index (χ3v) is 0.279. The molecule has 6 heteroatoms.